The molecule has 3 aromatic rings. The minimum atomic E-state index is 0.0471. The van der Waals surface area contributed by atoms with E-state index in [0.717, 1.165) is 48.5 Å². The van der Waals surface area contributed by atoms with Crippen LogP contribution in [0.3, 0.4) is 0 Å². The van der Waals surface area contributed by atoms with E-state index in [-0.39, 0.29) is 11.5 Å². The molecule has 31 heavy (non-hydrogen) atoms. The van der Waals surface area contributed by atoms with Gasteiger partial charge in [0.1, 0.15) is 5.82 Å². The normalized spacial score (nSPS) is 17.7. The van der Waals surface area contributed by atoms with Crippen molar-refractivity contribution in [2.24, 2.45) is 5.92 Å². The quantitative estimate of drug-likeness (QED) is 0.494. The molecule has 2 aromatic carbocycles. The fourth-order valence-electron chi connectivity index (χ4n) is 4.78. The van der Waals surface area contributed by atoms with Gasteiger partial charge in [0.05, 0.1) is 10.9 Å². The summed E-state index contributed by atoms with van der Waals surface area (Å²) in [5.74, 6) is 1.50. The molecule has 1 aliphatic heterocycles. The average Bonchev–Trinajstić information content (AvgIpc) is 2.75. The van der Waals surface area contributed by atoms with E-state index >= 15 is 0 Å². The predicted octanol–water partition coefficient (Wildman–Crippen LogP) is 5.96. The third kappa shape index (κ3) is 4.42. The number of piperidine rings is 1. The number of hydrogen-bond donors (Lipinski definition) is 0. The van der Waals surface area contributed by atoms with Crippen LogP contribution in [0.1, 0.15) is 52.3 Å². The molecule has 1 aromatic heterocycles. The Labute approximate surface area is 189 Å². The monoisotopic (exact) mass is 437 g/mol. The Balaban J connectivity index is 1.85. The number of halogens is 1. The number of aromatic nitrogens is 2. The van der Waals surface area contributed by atoms with Crippen molar-refractivity contribution >= 4 is 22.5 Å². The first-order valence-electron chi connectivity index (χ1n) is 11.4. The second-order valence-corrected chi connectivity index (χ2v) is 9.72. The van der Waals surface area contributed by atoms with Gasteiger partial charge in [0.2, 0.25) is 0 Å². The molecular formula is C26H32ClN3O. The number of fused-ring (bicyclic) bond motifs is 1. The molecule has 0 aliphatic carbocycles. The van der Waals surface area contributed by atoms with Gasteiger partial charge >= 0.3 is 0 Å². The summed E-state index contributed by atoms with van der Waals surface area (Å²) in [6, 6.07) is 14.1. The van der Waals surface area contributed by atoms with E-state index < -0.39 is 0 Å². The van der Waals surface area contributed by atoms with E-state index in [1.54, 1.807) is 0 Å². The third-order valence-corrected chi connectivity index (χ3v) is 6.74. The van der Waals surface area contributed by atoms with Crippen molar-refractivity contribution in [2.45, 2.75) is 59.0 Å². The average molecular weight is 438 g/mol. The highest BCUT2D eigenvalue weighted by molar-refractivity contribution is 6.33. The molecule has 0 radical (unpaired) electrons. The van der Waals surface area contributed by atoms with Crippen LogP contribution in [0.5, 0.6) is 0 Å². The largest absolute Gasteiger partial charge is 0.301 e. The van der Waals surface area contributed by atoms with Crippen LogP contribution in [0.15, 0.2) is 47.3 Å². The number of nitrogens with zero attached hydrogens (tertiary/aromatic N) is 3. The lowest BCUT2D eigenvalue weighted by atomic mass is 9.96. The van der Waals surface area contributed by atoms with E-state index in [0.29, 0.717) is 22.4 Å². The maximum atomic E-state index is 13.9. The molecule has 0 unspecified atom stereocenters. The second-order valence-electron chi connectivity index (χ2n) is 9.32. The minimum absolute atomic E-state index is 0.0471. The summed E-state index contributed by atoms with van der Waals surface area (Å²) in [4.78, 5) is 21.4. The van der Waals surface area contributed by atoms with Crippen LogP contribution in [0.25, 0.3) is 22.0 Å². The SMILES string of the molecule is CC(C)c1nc2cccc(-c3ccccc3Cl)c2c(=O)n1C[C@H]1CCCN(C(C)C)C1. The summed E-state index contributed by atoms with van der Waals surface area (Å²) in [6.07, 6.45) is 2.33. The number of likely N-dealkylation sites (tertiary alicyclic amines) is 1. The molecule has 0 N–H and O–H groups in total. The molecule has 0 spiro atoms. The first kappa shape index (κ1) is 22.0. The third-order valence-electron chi connectivity index (χ3n) is 6.41. The van der Waals surface area contributed by atoms with Gasteiger partial charge < -0.3 is 4.90 Å². The van der Waals surface area contributed by atoms with Gasteiger partial charge in [0, 0.05) is 35.6 Å². The van der Waals surface area contributed by atoms with Gasteiger partial charge in [-0.1, -0.05) is 55.8 Å². The van der Waals surface area contributed by atoms with Crippen molar-refractivity contribution in [1.29, 1.82) is 0 Å². The van der Waals surface area contributed by atoms with Gasteiger partial charge in [-0.15, -0.1) is 0 Å². The highest BCUT2D eigenvalue weighted by atomic mass is 35.5. The van der Waals surface area contributed by atoms with Crippen LogP contribution in [0, 0.1) is 5.92 Å². The van der Waals surface area contributed by atoms with E-state index in [1.807, 2.05) is 47.0 Å². The topological polar surface area (TPSA) is 38.1 Å². The van der Waals surface area contributed by atoms with Gasteiger partial charge in [-0.2, -0.15) is 0 Å². The molecule has 0 bridgehead atoms. The number of rotatable bonds is 5. The van der Waals surface area contributed by atoms with Gasteiger partial charge in [0.25, 0.3) is 5.56 Å². The Morgan fingerprint density at radius 1 is 1.06 bits per heavy atom. The van der Waals surface area contributed by atoms with Crippen LogP contribution in [0.2, 0.25) is 5.02 Å². The lowest BCUT2D eigenvalue weighted by molar-refractivity contribution is 0.129. The molecule has 164 valence electrons. The number of hydrogen-bond acceptors (Lipinski definition) is 3. The number of benzene rings is 2. The molecule has 0 saturated carbocycles. The van der Waals surface area contributed by atoms with Crippen LogP contribution in [0.4, 0.5) is 0 Å². The standard InChI is InChI=1S/C26H32ClN3O/c1-17(2)25-28-23-13-7-11-21(20-10-5-6-12-22(20)27)24(23)26(31)30(25)16-19-9-8-14-29(15-19)18(3)4/h5-7,10-13,17-19H,8-9,14-16H2,1-4H3/t19-/m0/s1. The zero-order chi connectivity index (χ0) is 22.1. The maximum absolute atomic E-state index is 13.9. The van der Waals surface area contributed by atoms with Gasteiger partial charge in [0.15, 0.2) is 0 Å². The Kier molecular flexibility index (Phi) is 6.49. The Morgan fingerprint density at radius 2 is 1.81 bits per heavy atom. The van der Waals surface area contributed by atoms with Crippen molar-refractivity contribution in [3.05, 3.63) is 63.7 Å². The summed E-state index contributed by atoms with van der Waals surface area (Å²) in [5, 5.41) is 1.31. The van der Waals surface area contributed by atoms with Crippen LogP contribution >= 0.6 is 11.6 Å². The fraction of sp³-hybridized carbons (Fsp3) is 0.462. The highest BCUT2D eigenvalue weighted by Crippen LogP contribution is 2.32. The lowest BCUT2D eigenvalue weighted by Gasteiger charge is -2.36. The van der Waals surface area contributed by atoms with E-state index in [4.69, 9.17) is 16.6 Å². The lowest BCUT2D eigenvalue weighted by Crippen LogP contribution is -2.42. The molecule has 1 fully saturated rings. The second kappa shape index (κ2) is 9.13. The molecule has 4 nitrogen and oxygen atoms in total. The summed E-state index contributed by atoms with van der Waals surface area (Å²) < 4.78 is 1.95. The summed E-state index contributed by atoms with van der Waals surface area (Å²) in [7, 11) is 0. The van der Waals surface area contributed by atoms with Crippen molar-refractivity contribution < 1.29 is 0 Å². The Bertz CT molecular complexity index is 1140. The maximum Gasteiger partial charge on any atom is 0.262 e. The fourth-order valence-corrected chi connectivity index (χ4v) is 5.01. The van der Waals surface area contributed by atoms with Crippen molar-refractivity contribution in [1.82, 2.24) is 14.5 Å². The Hall–Kier alpha value is -2.17. The van der Waals surface area contributed by atoms with Gasteiger partial charge in [-0.05, 0) is 56.8 Å². The first-order chi connectivity index (χ1) is 14.9. The van der Waals surface area contributed by atoms with E-state index in [2.05, 4.69) is 32.6 Å². The molecule has 2 heterocycles. The van der Waals surface area contributed by atoms with Crippen LogP contribution in [-0.2, 0) is 6.54 Å². The predicted molar refractivity (Wildman–Crippen MR) is 130 cm³/mol. The first-order valence-corrected chi connectivity index (χ1v) is 11.8. The summed E-state index contributed by atoms with van der Waals surface area (Å²) in [6.45, 7) is 11.6. The summed E-state index contributed by atoms with van der Waals surface area (Å²) in [5.41, 5.74) is 2.53. The van der Waals surface area contributed by atoms with Crippen LogP contribution < -0.4 is 5.56 Å². The minimum Gasteiger partial charge on any atom is -0.301 e. The van der Waals surface area contributed by atoms with Gasteiger partial charge in [-0.3, -0.25) is 9.36 Å². The Morgan fingerprint density at radius 3 is 2.52 bits per heavy atom. The van der Waals surface area contributed by atoms with Crippen molar-refractivity contribution in [3.8, 4) is 11.1 Å². The molecule has 4 rings (SSSR count). The van der Waals surface area contributed by atoms with E-state index in [9.17, 15) is 4.79 Å². The zero-order valence-corrected chi connectivity index (χ0v) is 19.7. The van der Waals surface area contributed by atoms with Crippen molar-refractivity contribution in [3.63, 3.8) is 0 Å². The smallest absolute Gasteiger partial charge is 0.262 e. The summed E-state index contributed by atoms with van der Waals surface area (Å²) >= 11 is 6.50. The highest BCUT2D eigenvalue weighted by Gasteiger charge is 2.25. The molecule has 0 amide bonds. The zero-order valence-electron chi connectivity index (χ0n) is 18.9. The molecule has 1 aliphatic rings. The molecule has 1 atom stereocenters. The molecular weight excluding hydrogens is 406 g/mol. The van der Waals surface area contributed by atoms with E-state index in [1.165, 1.54) is 6.42 Å². The molecule has 5 heteroatoms. The molecule has 1 saturated heterocycles. The van der Waals surface area contributed by atoms with Crippen LogP contribution in [-0.4, -0.2) is 33.6 Å². The van der Waals surface area contributed by atoms with Gasteiger partial charge in [-0.25, -0.2) is 4.98 Å². The van der Waals surface area contributed by atoms with Crippen molar-refractivity contribution in [2.75, 3.05) is 13.1 Å².